The molecule has 0 fully saturated rings. The van der Waals surface area contributed by atoms with Crippen LogP contribution in [0.2, 0.25) is 0 Å². The molecule has 2 aromatic heterocycles. The lowest BCUT2D eigenvalue weighted by atomic mass is 10.1. The van der Waals surface area contributed by atoms with E-state index in [1.165, 1.54) is 12.1 Å². The predicted octanol–water partition coefficient (Wildman–Crippen LogP) is 4.50. The van der Waals surface area contributed by atoms with Gasteiger partial charge in [-0.05, 0) is 35.9 Å². The number of nitriles is 1. The number of rotatable bonds is 1. The number of nitrogens with zero attached hydrogens (tertiary/aromatic N) is 2. The summed E-state index contributed by atoms with van der Waals surface area (Å²) in [6.45, 7) is 0. The van der Waals surface area contributed by atoms with Crippen LogP contribution < -0.4 is 0 Å². The second kappa shape index (κ2) is 4.67. The van der Waals surface area contributed by atoms with Crippen LogP contribution in [0, 0.1) is 11.3 Å². The summed E-state index contributed by atoms with van der Waals surface area (Å²) in [5.74, 6) is 0. The van der Waals surface area contributed by atoms with E-state index in [2.05, 4.69) is 6.07 Å². The van der Waals surface area contributed by atoms with Crippen LogP contribution in [0.1, 0.15) is 11.1 Å². The summed E-state index contributed by atoms with van der Waals surface area (Å²) in [5.41, 5.74) is 1.86. The van der Waals surface area contributed by atoms with E-state index in [4.69, 9.17) is 5.26 Å². The Morgan fingerprint density at radius 1 is 1.00 bits per heavy atom. The highest BCUT2D eigenvalue weighted by molar-refractivity contribution is 5.74. The Morgan fingerprint density at radius 3 is 2.33 bits per heavy atom. The van der Waals surface area contributed by atoms with E-state index in [0.29, 0.717) is 16.8 Å². The SMILES string of the molecule is N#Cc1cc(-c2ccc(C(F)(F)F)cc2)n2ccccc12. The Balaban J connectivity index is 2.15. The minimum atomic E-state index is -4.35. The highest BCUT2D eigenvalue weighted by Crippen LogP contribution is 2.32. The zero-order chi connectivity index (χ0) is 15.0. The molecule has 0 spiro atoms. The molecule has 3 rings (SSSR count). The molecule has 0 aliphatic rings. The first-order valence-electron chi connectivity index (χ1n) is 6.18. The van der Waals surface area contributed by atoms with Crippen molar-refractivity contribution in [1.29, 1.82) is 5.26 Å². The number of halogens is 3. The molecule has 0 atom stereocenters. The Labute approximate surface area is 118 Å². The van der Waals surface area contributed by atoms with Crippen molar-refractivity contribution in [1.82, 2.24) is 4.40 Å². The third-order valence-corrected chi connectivity index (χ3v) is 3.30. The van der Waals surface area contributed by atoms with Gasteiger partial charge in [0.05, 0.1) is 22.3 Å². The van der Waals surface area contributed by atoms with Gasteiger partial charge in [0, 0.05) is 6.20 Å². The lowest BCUT2D eigenvalue weighted by Crippen LogP contribution is -2.04. The summed E-state index contributed by atoms with van der Waals surface area (Å²) < 4.78 is 39.5. The quantitative estimate of drug-likeness (QED) is 0.647. The summed E-state index contributed by atoms with van der Waals surface area (Å²) in [7, 11) is 0. The predicted molar refractivity (Wildman–Crippen MR) is 72.6 cm³/mol. The van der Waals surface area contributed by atoms with Gasteiger partial charge in [0.25, 0.3) is 0 Å². The van der Waals surface area contributed by atoms with E-state index in [-0.39, 0.29) is 0 Å². The first-order valence-corrected chi connectivity index (χ1v) is 6.18. The summed E-state index contributed by atoms with van der Waals surface area (Å²) in [6.07, 6.45) is -2.57. The number of hydrogen-bond acceptors (Lipinski definition) is 1. The van der Waals surface area contributed by atoms with Crippen LogP contribution >= 0.6 is 0 Å². The molecule has 0 unspecified atom stereocenters. The van der Waals surface area contributed by atoms with E-state index in [0.717, 1.165) is 17.6 Å². The normalized spacial score (nSPS) is 11.5. The molecule has 3 aromatic rings. The van der Waals surface area contributed by atoms with Gasteiger partial charge < -0.3 is 4.40 Å². The third kappa shape index (κ3) is 2.25. The van der Waals surface area contributed by atoms with Gasteiger partial charge in [0.1, 0.15) is 6.07 Å². The van der Waals surface area contributed by atoms with E-state index in [9.17, 15) is 13.2 Å². The molecule has 104 valence electrons. The minimum Gasteiger partial charge on any atom is -0.315 e. The molecular weight excluding hydrogens is 277 g/mol. The molecule has 1 aromatic carbocycles. The largest absolute Gasteiger partial charge is 0.416 e. The maximum Gasteiger partial charge on any atom is 0.416 e. The van der Waals surface area contributed by atoms with Crippen molar-refractivity contribution in [2.24, 2.45) is 0 Å². The van der Waals surface area contributed by atoms with Crippen LogP contribution in [-0.2, 0) is 6.18 Å². The van der Waals surface area contributed by atoms with Gasteiger partial charge in [0.2, 0.25) is 0 Å². The van der Waals surface area contributed by atoms with Gasteiger partial charge in [-0.2, -0.15) is 18.4 Å². The molecule has 0 amide bonds. The monoisotopic (exact) mass is 286 g/mol. The van der Waals surface area contributed by atoms with E-state index >= 15 is 0 Å². The average molecular weight is 286 g/mol. The van der Waals surface area contributed by atoms with Gasteiger partial charge in [-0.1, -0.05) is 18.2 Å². The number of alkyl halides is 3. The Kier molecular flexibility index (Phi) is 2.95. The second-order valence-electron chi connectivity index (χ2n) is 4.59. The third-order valence-electron chi connectivity index (χ3n) is 3.30. The number of aromatic nitrogens is 1. The van der Waals surface area contributed by atoms with Crippen molar-refractivity contribution in [2.45, 2.75) is 6.18 Å². The van der Waals surface area contributed by atoms with Gasteiger partial charge >= 0.3 is 6.18 Å². The van der Waals surface area contributed by atoms with Gasteiger partial charge in [0.15, 0.2) is 0 Å². The lowest BCUT2D eigenvalue weighted by molar-refractivity contribution is -0.137. The molecular formula is C16H9F3N2. The molecule has 0 saturated heterocycles. The lowest BCUT2D eigenvalue weighted by Gasteiger charge is -2.08. The summed E-state index contributed by atoms with van der Waals surface area (Å²) >= 11 is 0. The van der Waals surface area contributed by atoms with Crippen molar-refractivity contribution >= 4 is 5.52 Å². The minimum absolute atomic E-state index is 0.491. The van der Waals surface area contributed by atoms with Crippen molar-refractivity contribution < 1.29 is 13.2 Å². The number of benzene rings is 1. The number of pyridine rings is 1. The zero-order valence-corrected chi connectivity index (χ0v) is 10.7. The molecule has 2 heterocycles. The Morgan fingerprint density at radius 2 is 1.71 bits per heavy atom. The maximum absolute atomic E-state index is 12.6. The van der Waals surface area contributed by atoms with Crippen LogP contribution in [0.3, 0.4) is 0 Å². The van der Waals surface area contributed by atoms with Crippen LogP contribution in [0.4, 0.5) is 13.2 Å². The van der Waals surface area contributed by atoms with Gasteiger partial charge in [-0.25, -0.2) is 0 Å². The number of hydrogen-bond donors (Lipinski definition) is 0. The maximum atomic E-state index is 12.6. The average Bonchev–Trinajstić information content (AvgIpc) is 2.85. The fourth-order valence-electron chi connectivity index (χ4n) is 2.29. The molecule has 0 aliphatic heterocycles. The van der Waals surface area contributed by atoms with Crippen molar-refractivity contribution in [3.05, 3.63) is 65.9 Å². The molecule has 0 aliphatic carbocycles. The van der Waals surface area contributed by atoms with Crippen molar-refractivity contribution in [3.8, 4) is 17.3 Å². The summed E-state index contributed by atoms with van der Waals surface area (Å²) in [6, 6.07) is 14.1. The second-order valence-corrected chi connectivity index (χ2v) is 4.59. The topological polar surface area (TPSA) is 28.2 Å². The van der Waals surface area contributed by atoms with Crippen LogP contribution in [0.25, 0.3) is 16.8 Å². The van der Waals surface area contributed by atoms with Gasteiger partial charge in [-0.15, -0.1) is 0 Å². The van der Waals surface area contributed by atoms with E-state index in [1.807, 2.05) is 12.1 Å². The molecule has 5 heteroatoms. The van der Waals surface area contributed by atoms with Crippen LogP contribution in [0.5, 0.6) is 0 Å². The fourth-order valence-corrected chi connectivity index (χ4v) is 2.29. The van der Waals surface area contributed by atoms with Crippen molar-refractivity contribution in [2.75, 3.05) is 0 Å². The smallest absolute Gasteiger partial charge is 0.315 e. The highest BCUT2D eigenvalue weighted by atomic mass is 19.4. The zero-order valence-electron chi connectivity index (χ0n) is 10.7. The van der Waals surface area contributed by atoms with E-state index in [1.54, 1.807) is 22.7 Å². The number of fused-ring (bicyclic) bond motifs is 1. The molecule has 2 nitrogen and oxygen atoms in total. The first kappa shape index (κ1) is 13.3. The summed E-state index contributed by atoms with van der Waals surface area (Å²) in [5, 5.41) is 9.13. The van der Waals surface area contributed by atoms with Crippen molar-refractivity contribution in [3.63, 3.8) is 0 Å². The summed E-state index contributed by atoms with van der Waals surface area (Å²) in [4.78, 5) is 0. The van der Waals surface area contributed by atoms with Crippen LogP contribution in [-0.4, -0.2) is 4.40 Å². The standard InChI is InChI=1S/C16H9F3N2/c17-16(18,19)13-6-4-11(5-7-13)15-9-12(10-20)14-3-1-2-8-21(14)15/h1-9H. The highest BCUT2D eigenvalue weighted by Gasteiger charge is 2.30. The fraction of sp³-hybridized carbons (Fsp3) is 0.0625. The Hall–Kier alpha value is -2.74. The van der Waals surface area contributed by atoms with E-state index < -0.39 is 11.7 Å². The first-order chi connectivity index (χ1) is 10.0. The molecule has 0 radical (unpaired) electrons. The van der Waals surface area contributed by atoms with Gasteiger partial charge in [-0.3, -0.25) is 0 Å². The molecule has 0 bridgehead atoms. The molecule has 21 heavy (non-hydrogen) atoms. The van der Waals surface area contributed by atoms with Crippen LogP contribution in [0.15, 0.2) is 54.7 Å². The Bertz CT molecular complexity index is 837. The molecule has 0 N–H and O–H groups in total. The molecule has 0 saturated carbocycles.